The number of methoxy groups -OCH3 is 2. The van der Waals surface area contributed by atoms with E-state index in [9.17, 15) is 18.0 Å². The van der Waals surface area contributed by atoms with Crippen molar-refractivity contribution in [2.45, 2.75) is 32.6 Å². The summed E-state index contributed by atoms with van der Waals surface area (Å²) in [5, 5.41) is 2.36. The van der Waals surface area contributed by atoms with Crippen molar-refractivity contribution in [3.63, 3.8) is 0 Å². The van der Waals surface area contributed by atoms with Gasteiger partial charge in [-0.15, -0.1) is 0 Å². The van der Waals surface area contributed by atoms with Gasteiger partial charge in [-0.2, -0.15) is 0 Å². The van der Waals surface area contributed by atoms with Gasteiger partial charge in [0.25, 0.3) is 0 Å². The first-order valence-corrected chi connectivity index (χ1v) is 12.9. The molecule has 0 aromatic heterocycles. The second kappa shape index (κ2) is 9.99. The van der Waals surface area contributed by atoms with Crippen LogP contribution in [0, 0.1) is 0 Å². The van der Waals surface area contributed by atoms with Gasteiger partial charge in [0.2, 0.25) is 15.9 Å². The zero-order chi connectivity index (χ0) is 26.0. The van der Waals surface area contributed by atoms with E-state index in [0.29, 0.717) is 28.4 Å². The zero-order valence-corrected chi connectivity index (χ0v) is 21.6. The summed E-state index contributed by atoms with van der Waals surface area (Å²) >= 11 is 0. The summed E-state index contributed by atoms with van der Waals surface area (Å²) in [4.78, 5) is 25.7. The third-order valence-electron chi connectivity index (χ3n) is 5.46. The Balaban J connectivity index is 2.12. The fourth-order valence-electron chi connectivity index (χ4n) is 3.81. The van der Waals surface area contributed by atoms with E-state index in [-0.39, 0.29) is 24.3 Å². The molecule has 3 rings (SSSR count). The number of nitrogens with zero attached hydrogens (tertiary/aromatic N) is 1. The second-order valence-electron chi connectivity index (χ2n) is 9.29. The Bertz CT molecular complexity index is 1260. The highest BCUT2D eigenvalue weighted by molar-refractivity contribution is 7.92. The van der Waals surface area contributed by atoms with Crippen molar-refractivity contribution in [3.8, 4) is 5.75 Å². The summed E-state index contributed by atoms with van der Waals surface area (Å²) < 4.78 is 36.9. The Hall–Kier alpha value is -3.53. The number of ether oxygens (including phenoxy) is 2. The van der Waals surface area contributed by atoms with Gasteiger partial charge in [0.1, 0.15) is 11.5 Å². The molecule has 188 valence electrons. The lowest BCUT2D eigenvalue weighted by atomic mass is 9.84. The van der Waals surface area contributed by atoms with E-state index in [0.717, 1.165) is 17.4 Å². The molecule has 10 heteroatoms. The SMILES string of the molecule is CO/C(=C/c1cc(N2CCC(=O)NC2=O)cc(C(C)(C)C)c1OC)c1ccc(NS(C)(=O)=O)cc1. The highest BCUT2D eigenvalue weighted by Crippen LogP contribution is 2.40. The average Bonchev–Trinajstić information content (AvgIpc) is 2.76. The molecule has 0 radical (unpaired) electrons. The average molecular weight is 502 g/mol. The number of carbonyl (C=O) groups excluding carboxylic acids is 2. The minimum atomic E-state index is -3.39. The van der Waals surface area contributed by atoms with Gasteiger partial charge in [0, 0.05) is 41.0 Å². The van der Waals surface area contributed by atoms with Crippen LogP contribution in [0.2, 0.25) is 0 Å². The number of benzene rings is 2. The molecule has 35 heavy (non-hydrogen) atoms. The minimum absolute atomic E-state index is 0.213. The molecular formula is C25H31N3O6S. The van der Waals surface area contributed by atoms with E-state index >= 15 is 0 Å². The molecule has 2 N–H and O–H groups in total. The number of amides is 3. The van der Waals surface area contributed by atoms with Crippen LogP contribution in [0.1, 0.15) is 43.9 Å². The molecule has 0 atom stereocenters. The van der Waals surface area contributed by atoms with Crippen molar-refractivity contribution in [1.82, 2.24) is 5.32 Å². The molecule has 1 aliphatic rings. The molecule has 0 saturated carbocycles. The molecule has 0 unspecified atom stereocenters. The first-order chi connectivity index (χ1) is 16.3. The number of anilines is 2. The maximum Gasteiger partial charge on any atom is 0.328 e. The Morgan fingerprint density at radius 2 is 1.77 bits per heavy atom. The van der Waals surface area contributed by atoms with Crippen LogP contribution in [-0.2, 0) is 25.0 Å². The topological polar surface area (TPSA) is 114 Å². The molecule has 1 fully saturated rings. The lowest BCUT2D eigenvalue weighted by molar-refractivity contribution is -0.120. The lowest BCUT2D eigenvalue weighted by Crippen LogP contribution is -2.49. The summed E-state index contributed by atoms with van der Waals surface area (Å²) in [7, 11) is -0.256. The van der Waals surface area contributed by atoms with Crippen molar-refractivity contribution in [1.29, 1.82) is 0 Å². The Morgan fingerprint density at radius 1 is 1.11 bits per heavy atom. The van der Waals surface area contributed by atoms with Crippen LogP contribution in [0.25, 0.3) is 11.8 Å². The number of sulfonamides is 1. The van der Waals surface area contributed by atoms with Crippen molar-refractivity contribution < 1.29 is 27.5 Å². The summed E-state index contributed by atoms with van der Waals surface area (Å²) in [6.45, 7) is 6.42. The molecule has 2 aromatic rings. The number of imide groups is 1. The molecule has 1 heterocycles. The molecule has 0 bridgehead atoms. The van der Waals surface area contributed by atoms with E-state index in [1.54, 1.807) is 38.5 Å². The van der Waals surface area contributed by atoms with E-state index in [2.05, 4.69) is 10.0 Å². The summed E-state index contributed by atoms with van der Waals surface area (Å²) in [6, 6.07) is 10.0. The highest BCUT2D eigenvalue weighted by atomic mass is 32.2. The summed E-state index contributed by atoms with van der Waals surface area (Å²) in [6.07, 6.45) is 3.11. The molecule has 0 aliphatic carbocycles. The monoisotopic (exact) mass is 501 g/mol. The highest BCUT2D eigenvalue weighted by Gasteiger charge is 2.28. The minimum Gasteiger partial charge on any atom is -0.496 e. The number of hydrogen-bond acceptors (Lipinski definition) is 6. The molecule has 3 amide bonds. The van der Waals surface area contributed by atoms with Crippen LogP contribution in [0.15, 0.2) is 36.4 Å². The fourth-order valence-corrected chi connectivity index (χ4v) is 4.38. The van der Waals surface area contributed by atoms with E-state index in [1.807, 2.05) is 39.0 Å². The van der Waals surface area contributed by atoms with Crippen LogP contribution in [0.4, 0.5) is 16.2 Å². The third kappa shape index (κ3) is 6.33. The maximum absolute atomic E-state index is 12.5. The number of rotatable bonds is 7. The van der Waals surface area contributed by atoms with Crippen molar-refractivity contribution in [2.24, 2.45) is 0 Å². The number of hydrogen-bond donors (Lipinski definition) is 2. The van der Waals surface area contributed by atoms with Crippen molar-refractivity contribution >= 4 is 45.2 Å². The Kier molecular flexibility index (Phi) is 7.44. The first-order valence-electron chi connectivity index (χ1n) is 11.0. The summed E-state index contributed by atoms with van der Waals surface area (Å²) in [5.41, 5.74) is 3.06. The van der Waals surface area contributed by atoms with Gasteiger partial charge in [-0.05, 0) is 47.9 Å². The van der Waals surface area contributed by atoms with Gasteiger partial charge in [0.05, 0.1) is 20.5 Å². The quantitative estimate of drug-likeness (QED) is 0.439. The van der Waals surface area contributed by atoms with Crippen molar-refractivity contribution in [3.05, 3.63) is 53.1 Å². The molecule has 2 aromatic carbocycles. The molecule has 9 nitrogen and oxygen atoms in total. The maximum atomic E-state index is 12.5. The predicted molar refractivity (Wildman–Crippen MR) is 137 cm³/mol. The van der Waals surface area contributed by atoms with E-state index in [4.69, 9.17) is 9.47 Å². The standard InChI is InChI=1S/C25H31N3O6S/c1-25(2,3)20-15-19(28-12-11-22(29)26-24(28)30)13-17(23(20)34-5)14-21(33-4)16-7-9-18(10-8-16)27-35(6,31)32/h7-10,13-15,27H,11-12H2,1-6H3,(H,26,29,30)/b21-14+. The smallest absolute Gasteiger partial charge is 0.328 e. The molecule has 1 aliphatic heterocycles. The van der Waals surface area contributed by atoms with Crippen molar-refractivity contribution in [2.75, 3.05) is 36.6 Å². The Morgan fingerprint density at radius 3 is 2.29 bits per heavy atom. The van der Waals surface area contributed by atoms with Crippen LogP contribution in [-0.4, -0.2) is 47.4 Å². The molecular weight excluding hydrogens is 470 g/mol. The Labute approximate surface area is 206 Å². The zero-order valence-electron chi connectivity index (χ0n) is 20.8. The molecule has 0 spiro atoms. The van der Waals surface area contributed by atoms with Gasteiger partial charge in [0.15, 0.2) is 0 Å². The third-order valence-corrected chi connectivity index (χ3v) is 6.07. The van der Waals surface area contributed by atoms with Gasteiger partial charge >= 0.3 is 6.03 Å². The normalized spacial score (nSPS) is 15.0. The number of nitrogens with one attached hydrogen (secondary N) is 2. The van der Waals surface area contributed by atoms with Gasteiger partial charge in [-0.25, -0.2) is 13.2 Å². The van der Waals surface area contributed by atoms with E-state index in [1.165, 1.54) is 4.90 Å². The van der Waals surface area contributed by atoms with Gasteiger partial charge < -0.3 is 9.47 Å². The largest absolute Gasteiger partial charge is 0.496 e. The van der Waals surface area contributed by atoms with Gasteiger partial charge in [-0.3, -0.25) is 19.7 Å². The van der Waals surface area contributed by atoms with Crippen LogP contribution < -0.4 is 19.7 Å². The lowest BCUT2D eigenvalue weighted by Gasteiger charge is -2.30. The fraction of sp³-hybridized carbons (Fsp3) is 0.360. The predicted octanol–water partition coefficient (Wildman–Crippen LogP) is 3.96. The van der Waals surface area contributed by atoms with Gasteiger partial charge in [-0.1, -0.05) is 20.8 Å². The number of urea groups is 1. The number of carbonyl (C=O) groups is 2. The van der Waals surface area contributed by atoms with Crippen LogP contribution >= 0.6 is 0 Å². The second-order valence-corrected chi connectivity index (χ2v) is 11.0. The van der Waals surface area contributed by atoms with Crippen LogP contribution in [0.3, 0.4) is 0 Å². The van der Waals surface area contributed by atoms with E-state index < -0.39 is 16.1 Å². The van der Waals surface area contributed by atoms with Crippen LogP contribution in [0.5, 0.6) is 5.75 Å². The molecule has 1 saturated heterocycles. The first kappa shape index (κ1) is 26.1. The summed E-state index contributed by atoms with van der Waals surface area (Å²) in [5.74, 6) is 0.857.